The second kappa shape index (κ2) is 5.13. The van der Waals surface area contributed by atoms with E-state index in [1.807, 2.05) is 12.1 Å². The Hall–Kier alpha value is -2.49. The molecule has 0 amide bonds. The fourth-order valence-corrected chi connectivity index (χ4v) is 2.41. The van der Waals surface area contributed by atoms with E-state index in [9.17, 15) is 4.39 Å². The minimum atomic E-state index is -0.290. The molecule has 0 radical (unpaired) electrons. The number of aryl methyl sites for hydroxylation is 1. The number of hydrogen-bond acceptors (Lipinski definition) is 3. The molecule has 2 aromatic carbocycles. The summed E-state index contributed by atoms with van der Waals surface area (Å²) in [5.41, 5.74) is 4.08. The maximum absolute atomic E-state index is 13.4. The monoisotopic (exact) mass is 281 g/mol. The highest BCUT2D eigenvalue weighted by Gasteiger charge is 2.11. The van der Waals surface area contributed by atoms with Crippen LogP contribution in [0, 0.1) is 19.7 Å². The van der Waals surface area contributed by atoms with Crippen LogP contribution in [-0.2, 0) is 0 Å². The molecule has 0 spiro atoms. The van der Waals surface area contributed by atoms with Gasteiger partial charge >= 0.3 is 0 Å². The molecule has 21 heavy (non-hydrogen) atoms. The highest BCUT2D eigenvalue weighted by atomic mass is 19.1. The van der Waals surface area contributed by atoms with Crippen molar-refractivity contribution in [3.63, 3.8) is 0 Å². The Labute approximate surface area is 122 Å². The van der Waals surface area contributed by atoms with Crippen molar-refractivity contribution in [1.29, 1.82) is 0 Å². The molecular formula is C17H16FN3. The van der Waals surface area contributed by atoms with Crippen molar-refractivity contribution < 1.29 is 4.39 Å². The van der Waals surface area contributed by atoms with E-state index in [0.29, 0.717) is 17.0 Å². The molecule has 0 aliphatic carbocycles. The SMILES string of the molecule is CNc1nc(-c2cccc(C)c2C)nc2ccc(F)cc12. The number of hydrogen-bond donors (Lipinski definition) is 1. The molecule has 1 aromatic heterocycles. The number of rotatable bonds is 2. The van der Waals surface area contributed by atoms with E-state index in [1.54, 1.807) is 13.1 Å². The predicted octanol–water partition coefficient (Wildman–Crippen LogP) is 4.09. The Balaban J connectivity index is 2.29. The first-order chi connectivity index (χ1) is 10.1. The number of halogens is 1. The lowest BCUT2D eigenvalue weighted by Crippen LogP contribution is -2.00. The molecule has 0 saturated heterocycles. The molecule has 4 heteroatoms. The third-order valence-electron chi connectivity index (χ3n) is 3.74. The molecule has 1 N–H and O–H groups in total. The van der Waals surface area contributed by atoms with Crippen LogP contribution in [0.3, 0.4) is 0 Å². The minimum absolute atomic E-state index is 0.290. The largest absolute Gasteiger partial charge is 0.373 e. The molecule has 1 heterocycles. The Bertz CT molecular complexity index is 828. The summed E-state index contributed by atoms with van der Waals surface area (Å²) in [5.74, 6) is 0.997. The first-order valence-electron chi connectivity index (χ1n) is 6.82. The number of nitrogens with zero attached hydrogens (tertiary/aromatic N) is 2. The Morgan fingerprint density at radius 3 is 2.62 bits per heavy atom. The number of anilines is 1. The molecule has 3 aromatic rings. The van der Waals surface area contributed by atoms with Crippen LogP contribution in [-0.4, -0.2) is 17.0 Å². The van der Waals surface area contributed by atoms with Crippen LogP contribution >= 0.6 is 0 Å². The van der Waals surface area contributed by atoms with Crippen molar-refractivity contribution >= 4 is 16.7 Å². The van der Waals surface area contributed by atoms with E-state index >= 15 is 0 Å². The van der Waals surface area contributed by atoms with E-state index in [4.69, 9.17) is 0 Å². The molecule has 106 valence electrons. The van der Waals surface area contributed by atoms with E-state index in [0.717, 1.165) is 16.6 Å². The maximum atomic E-state index is 13.4. The summed E-state index contributed by atoms with van der Waals surface area (Å²) >= 11 is 0. The standard InChI is InChI=1S/C17H16FN3/c1-10-5-4-6-13(11(10)2)17-20-15-8-7-12(18)9-14(15)16(19-3)21-17/h4-9H,1-3H3,(H,19,20,21). The normalized spacial score (nSPS) is 10.9. The van der Waals surface area contributed by atoms with Crippen LogP contribution in [0.25, 0.3) is 22.3 Å². The highest BCUT2D eigenvalue weighted by molar-refractivity contribution is 5.90. The van der Waals surface area contributed by atoms with Gasteiger partial charge in [0, 0.05) is 18.0 Å². The zero-order valence-corrected chi connectivity index (χ0v) is 12.2. The summed E-state index contributed by atoms with van der Waals surface area (Å²) in [6.07, 6.45) is 0. The Morgan fingerprint density at radius 2 is 1.86 bits per heavy atom. The number of aromatic nitrogens is 2. The Kier molecular flexibility index (Phi) is 3.29. The number of benzene rings is 2. The fourth-order valence-electron chi connectivity index (χ4n) is 2.41. The van der Waals surface area contributed by atoms with E-state index in [1.165, 1.54) is 17.7 Å². The second-order valence-electron chi connectivity index (χ2n) is 5.05. The smallest absolute Gasteiger partial charge is 0.162 e. The summed E-state index contributed by atoms with van der Waals surface area (Å²) in [6, 6.07) is 10.6. The van der Waals surface area contributed by atoms with Gasteiger partial charge in [-0.3, -0.25) is 0 Å². The van der Waals surface area contributed by atoms with Crippen molar-refractivity contribution in [2.45, 2.75) is 13.8 Å². The predicted molar refractivity (Wildman–Crippen MR) is 84.0 cm³/mol. The van der Waals surface area contributed by atoms with Crippen LogP contribution in [0.4, 0.5) is 10.2 Å². The zero-order valence-electron chi connectivity index (χ0n) is 12.2. The van der Waals surface area contributed by atoms with Crippen LogP contribution in [0.15, 0.2) is 36.4 Å². The molecular weight excluding hydrogens is 265 g/mol. The van der Waals surface area contributed by atoms with Gasteiger partial charge in [0.15, 0.2) is 5.82 Å². The minimum Gasteiger partial charge on any atom is -0.373 e. The quantitative estimate of drug-likeness (QED) is 0.768. The van der Waals surface area contributed by atoms with Crippen LogP contribution < -0.4 is 5.32 Å². The van der Waals surface area contributed by atoms with Gasteiger partial charge in [-0.05, 0) is 43.2 Å². The Morgan fingerprint density at radius 1 is 1.05 bits per heavy atom. The second-order valence-corrected chi connectivity index (χ2v) is 5.05. The number of nitrogens with one attached hydrogen (secondary N) is 1. The lowest BCUT2D eigenvalue weighted by atomic mass is 10.0. The van der Waals surface area contributed by atoms with E-state index in [-0.39, 0.29) is 5.82 Å². The third-order valence-corrected chi connectivity index (χ3v) is 3.74. The van der Waals surface area contributed by atoms with Crippen LogP contribution in [0.5, 0.6) is 0 Å². The molecule has 0 atom stereocenters. The summed E-state index contributed by atoms with van der Waals surface area (Å²) in [5, 5.41) is 3.71. The fraction of sp³-hybridized carbons (Fsp3) is 0.176. The van der Waals surface area contributed by atoms with Gasteiger partial charge in [0.05, 0.1) is 5.52 Å². The van der Waals surface area contributed by atoms with Crippen molar-refractivity contribution in [3.05, 3.63) is 53.3 Å². The van der Waals surface area contributed by atoms with E-state index in [2.05, 4.69) is 35.2 Å². The van der Waals surface area contributed by atoms with Crippen molar-refractivity contribution in [2.24, 2.45) is 0 Å². The van der Waals surface area contributed by atoms with Gasteiger partial charge in [0.1, 0.15) is 11.6 Å². The van der Waals surface area contributed by atoms with Gasteiger partial charge in [-0.25, -0.2) is 14.4 Å². The topological polar surface area (TPSA) is 37.8 Å². The van der Waals surface area contributed by atoms with Gasteiger partial charge in [0.25, 0.3) is 0 Å². The summed E-state index contributed by atoms with van der Waals surface area (Å²) < 4.78 is 13.4. The van der Waals surface area contributed by atoms with Gasteiger partial charge in [-0.1, -0.05) is 18.2 Å². The van der Waals surface area contributed by atoms with Crippen molar-refractivity contribution in [3.8, 4) is 11.4 Å². The third kappa shape index (κ3) is 2.33. The molecule has 0 aliphatic heterocycles. The summed E-state index contributed by atoms with van der Waals surface area (Å²) in [4.78, 5) is 9.12. The van der Waals surface area contributed by atoms with Crippen LogP contribution in [0.2, 0.25) is 0 Å². The molecule has 3 nitrogen and oxygen atoms in total. The summed E-state index contributed by atoms with van der Waals surface area (Å²) in [7, 11) is 1.78. The van der Waals surface area contributed by atoms with E-state index < -0.39 is 0 Å². The molecule has 0 bridgehead atoms. The van der Waals surface area contributed by atoms with Crippen LogP contribution in [0.1, 0.15) is 11.1 Å². The first-order valence-corrected chi connectivity index (χ1v) is 6.82. The van der Waals surface area contributed by atoms with Gasteiger partial charge in [-0.2, -0.15) is 0 Å². The average molecular weight is 281 g/mol. The van der Waals surface area contributed by atoms with Gasteiger partial charge in [0.2, 0.25) is 0 Å². The zero-order chi connectivity index (χ0) is 15.0. The molecule has 0 fully saturated rings. The average Bonchev–Trinajstić information content (AvgIpc) is 2.49. The first kappa shape index (κ1) is 13.5. The highest BCUT2D eigenvalue weighted by Crippen LogP contribution is 2.28. The molecule has 0 aliphatic rings. The van der Waals surface area contributed by atoms with Crippen molar-refractivity contribution in [1.82, 2.24) is 9.97 Å². The van der Waals surface area contributed by atoms with Gasteiger partial charge in [-0.15, -0.1) is 0 Å². The molecule has 3 rings (SSSR count). The lowest BCUT2D eigenvalue weighted by Gasteiger charge is -2.11. The number of fused-ring (bicyclic) bond motifs is 1. The summed E-state index contributed by atoms with van der Waals surface area (Å²) in [6.45, 7) is 4.12. The van der Waals surface area contributed by atoms with Crippen molar-refractivity contribution in [2.75, 3.05) is 12.4 Å². The van der Waals surface area contributed by atoms with Gasteiger partial charge < -0.3 is 5.32 Å². The lowest BCUT2D eigenvalue weighted by molar-refractivity contribution is 0.629. The molecule has 0 saturated carbocycles. The maximum Gasteiger partial charge on any atom is 0.162 e. The molecule has 0 unspecified atom stereocenters.